The molecule has 24 heavy (non-hydrogen) atoms. The van der Waals surface area contributed by atoms with Gasteiger partial charge in [-0.2, -0.15) is 0 Å². The van der Waals surface area contributed by atoms with E-state index in [4.69, 9.17) is 4.74 Å². The molecule has 0 atom stereocenters. The predicted molar refractivity (Wildman–Crippen MR) is 92.4 cm³/mol. The lowest BCUT2D eigenvalue weighted by Gasteiger charge is -2.12. The number of hydrogen-bond acceptors (Lipinski definition) is 4. The Kier molecular flexibility index (Phi) is 5.89. The minimum Gasteiger partial charge on any atom is -0.494 e. The SMILES string of the molecule is COc1ccc(/C=C/C(=O)NCc2ccnc(N(C)C)c2)cc1F. The highest BCUT2D eigenvalue weighted by Crippen LogP contribution is 2.18. The highest BCUT2D eigenvalue weighted by molar-refractivity contribution is 5.91. The number of carbonyl (C=O) groups is 1. The van der Waals surface area contributed by atoms with Crippen molar-refractivity contribution in [1.82, 2.24) is 10.3 Å². The van der Waals surface area contributed by atoms with E-state index in [2.05, 4.69) is 10.3 Å². The molecular weight excluding hydrogens is 309 g/mol. The number of benzene rings is 1. The molecule has 1 aromatic heterocycles. The van der Waals surface area contributed by atoms with Gasteiger partial charge in [0, 0.05) is 32.9 Å². The van der Waals surface area contributed by atoms with E-state index in [0.717, 1.165) is 11.4 Å². The third kappa shape index (κ3) is 4.81. The van der Waals surface area contributed by atoms with Gasteiger partial charge in [-0.25, -0.2) is 9.37 Å². The molecule has 2 rings (SSSR count). The van der Waals surface area contributed by atoms with Gasteiger partial charge in [0.2, 0.25) is 5.91 Å². The molecule has 1 aromatic carbocycles. The van der Waals surface area contributed by atoms with E-state index in [1.165, 1.54) is 25.3 Å². The van der Waals surface area contributed by atoms with Gasteiger partial charge in [0.1, 0.15) is 5.82 Å². The maximum atomic E-state index is 13.6. The molecule has 6 heteroatoms. The van der Waals surface area contributed by atoms with Crippen molar-refractivity contribution in [3.63, 3.8) is 0 Å². The maximum Gasteiger partial charge on any atom is 0.244 e. The molecule has 1 N–H and O–H groups in total. The first-order valence-corrected chi connectivity index (χ1v) is 7.41. The monoisotopic (exact) mass is 329 g/mol. The zero-order valence-electron chi connectivity index (χ0n) is 13.9. The van der Waals surface area contributed by atoms with Gasteiger partial charge in [0.15, 0.2) is 11.6 Å². The first kappa shape index (κ1) is 17.5. The van der Waals surface area contributed by atoms with E-state index in [0.29, 0.717) is 12.1 Å². The van der Waals surface area contributed by atoms with Crippen molar-refractivity contribution in [3.8, 4) is 5.75 Å². The van der Waals surface area contributed by atoms with E-state index in [9.17, 15) is 9.18 Å². The van der Waals surface area contributed by atoms with Crippen molar-refractivity contribution >= 4 is 17.8 Å². The molecule has 0 bridgehead atoms. The van der Waals surface area contributed by atoms with Crippen molar-refractivity contribution in [1.29, 1.82) is 0 Å². The van der Waals surface area contributed by atoms with Crippen LogP contribution in [-0.2, 0) is 11.3 Å². The van der Waals surface area contributed by atoms with Crippen LogP contribution in [0.5, 0.6) is 5.75 Å². The summed E-state index contributed by atoms with van der Waals surface area (Å²) in [7, 11) is 5.21. The molecule has 0 aliphatic rings. The smallest absolute Gasteiger partial charge is 0.244 e. The molecule has 1 amide bonds. The van der Waals surface area contributed by atoms with Crippen LogP contribution >= 0.6 is 0 Å². The van der Waals surface area contributed by atoms with Crippen molar-refractivity contribution in [2.24, 2.45) is 0 Å². The van der Waals surface area contributed by atoms with Crippen LogP contribution in [-0.4, -0.2) is 32.1 Å². The topological polar surface area (TPSA) is 54.5 Å². The summed E-state index contributed by atoms with van der Waals surface area (Å²) < 4.78 is 18.4. The second-order valence-corrected chi connectivity index (χ2v) is 5.36. The molecule has 1 heterocycles. The van der Waals surface area contributed by atoms with Crippen LogP contribution in [0.1, 0.15) is 11.1 Å². The number of anilines is 1. The largest absolute Gasteiger partial charge is 0.494 e. The first-order chi connectivity index (χ1) is 11.5. The average Bonchev–Trinajstić information content (AvgIpc) is 2.58. The molecule has 0 saturated heterocycles. The number of nitrogens with one attached hydrogen (secondary N) is 1. The van der Waals surface area contributed by atoms with E-state index in [1.54, 1.807) is 18.3 Å². The summed E-state index contributed by atoms with van der Waals surface area (Å²) in [6.07, 6.45) is 4.62. The fourth-order valence-electron chi connectivity index (χ4n) is 2.02. The number of ether oxygens (including phenoxy) is 1. The first-order valence-electron chi connectivity index (χ1n) is 7.41. The van der Waals surface area contributed by atoms with Gasteiger partial charge in [0.25, 0.3) is 0 Å². The Morgan fingerprint density at radius 3 is 2.79 bits per heavy atom. The Morgan fingerprint density at radius 1 is 1.33 bits per heavy atom. The average molecular weight is 329 g/mol. The number of halogens is 1. The van der Waals surface area contributed by atoms with Crippen molar-refractivity contribution in [3.05, 3.63) is 59.5 Å². The zero-order valence-corrected chi connectivity index (χ0v) is 13.9. The number of amides is 1. The van der Waals surface area contributed by atoms with Crippen LogP contribution in [0.25, 0.3) is 6.08 Å². The fourth-order valence-corrected chi connectivity index (χ4v) is 2.02. The maximum absolute atomic E-state index is 13.6. The number of rotatable bonds is 6. The summed E-state index contributed by atoms with van der Waals surface area (Å²) in [6.45, 7) is 0.392. The van der Waals surface area contributed by atoms with Gasteiger partial charge in [-0.1, -0.05) is 6.07 Å². The van der Waals surface area contributed by atoms with Gasteiger partial charge >= 0.3 is 0 Å². The van der Waals surface area contributed by atoms with Crippen molar-refractivity contribution in [2.45, 2.75) is 6.54 Å². The van der Waals surface area contributed by atoms with Crippen molar-refractivity contribution in [2.75, 3.05) is 26.1 Å². The van der Waals surface area contributed by atoms with E-state index in [-0.39, 0.29) is 11.7 Å². The molecule has 5 nitrogen and oxygen atoms in total. The van der Waals surface area contributed by atoms with Crippen LogP contribution < -0.4 is 15.0 Å². The Balaban J connectivity index is 1.93. The summed E-state index contributed by atoms with van der Waals surface area (Å²) in [6, 6.07) is 8.26. The van der Waals surface area contributed by atoms with Gasteiger partial charge in [0.05, 0.1) is 7.11 Å². The number of carbonyl (C=O) groups excluding carboxylic acids is 1. The van der Waals surface area contributed by atoms with Crippen LogP contribution in [0.3, 0.4) is 0 Å². The molecule has 0 radical (unpaired) electrons. The standard InChI is InChI=1S/C18H20FN3O2/c1-22(2)17-11-14(8-9-20-17)12-21-18(23)7-5-13-4-6-16(24-3)15(19)10-13/h4-11H,12H2,1-3H3,(H,21,23)/b7-5+. The van der Waals surface area contributed by atoms with Gasteiger partial charge < -0.3 is 15.0 Å². The zero-order chi connectivity index (χ0) is 17.5. The summed E-state index contributed by atoms with van der Waals surface area (Å²) in [5, 5.41) is 2.78. The minimum atomic E-state index is -0.465. The predicted octanol–water partition coefficient (Wildman–Crippen LogP) is 2.62. The molecule has 0 aliphatic carbocycles. The molecular formula is C18H20FN3O2. The van der Waals surface area contributed by atoms with Gasteiger partial charge in [-0.05, 0) is 41.5 Å². The number of pyridine rings is 1. The number of nitrogens with zero attached hydrogens (tertiary/aromatic N) is 2. The third-order valence-corrected chi connectivity index (χ3v) is 3.34. The minimum absolute atomic E-state index is 0.172. The Labute approximate surface area is 140 Å². The molecule has 0 spiro atoms. The van der Waals surface area contributed by atoms with Gasteiger partial charge in [-0.3, -0.25) is 4.79 Å². The lowest BCUT2D eigenvalue weighted by atomic mass is 10.2. The highest BCUT2D eigenvalue weighted by Gasteiger charge is 2.03. The molecule has 0 saturated carbocycles. The third-order valence-electron chi connectivity index (χ3n) is 3.34. The summed E-state index contributed by atoms with van der Waals surface area (Å²) >= 11 is 0. The van der Waals surface area contributed by atoms with E-state index in [1.807, 2.05) is 31.1 Å². The number of hydrogen-bond donors (Lipinski definition) is 1. The van der Waals surface area contributed by atoms with Crippen LogP contribution in [0, 0.1) is 5.82 Å². The lowest BCUT2D eigenvalue weighted by Crippen LogP contribution is -2.20. The van der Waals surface area contributed by atoms with E-state index >= 15 is 0 Å². The molecule has 0 fully saturated rings. The van der Waals surface area contributed by atoms with E-state index < -0.39 is 5.82 Å². The lowest BCUT2D eigenvalue weighted by molar-refractivity contribution is -0.116. The second-order valence-electron chi connectivity index (χ2n) is 5.36. The van der Waals surface area contributed by atoms with Crippen LogP contribution in [0.4, 0.5) is 10.2 Å². The molecule has 0 aliphatic heterocycles. The molecule has 2 aromatic rings. The number of aromatic nitrogens is 1. The Morgan fingerprint density at radius 2 is 2.12 bits per heavy atom. The van der Waals surface area contributed by atoms with Crippen molar-refractivity contribution < 1.29 is 13.9 Å². The fraction of sp³-hybridized carbons (Fsp3) is 0.222. The normalized spacial score (nSPS) is 10.7. The Bertz CT molecular complexity index is 745. The summed E-state index contributed by atoms with van der Waals surface area (Å²) in [5.41, 5.74) is 1.54. The van der Waals surface area contributed by atoms with Crippen LogP contribution in [0.15, 0.2) is 42.6 Å². The Hall–Kier alpha value is -2.89. The number of methoxy groups -OCH3 is 1. The summed E-state index contributed by atoms with van der Waals surface area (Å²) in [4.78, 5) is 18.0. The second kappa shape index (κ2) is 8.10. The summed E-state index contributed by atoms with van der Waals surface area (Å²) in [5.74, 6) is 0.277. The highest BCUT2D eigenvalue weighted by atomic mass is 19.1. The van der Waals surface area contributed by atoms with Gasteiger partial charge in [-0.15, -0.1) is 0 Å². The van der Waals surface area contributed by atoms with Crippen LogP contribution in [0.2, 0.25) is 0 Å². The molecule has 126 valence electrons. The molecule has 0 unspecified atom stereocenters. The quantitative estimate of drug-likeness (QED) is 0.828.